The molecule has 4 heteroatoms. The van der Waals surface area contributed by atoms with Crippen molar-refractivity contribution >= 4 is 34.3 Å². The number of aromatic nitrogens is 1. The Hall–Kier alpha value is -3.11. The van der Waals surface area contributed by atoms with Gasteiger partial charge in [-0.25, -0.2) is 4.98 Å². The largest absolute Gasteiger partial charge is 0.325 e. The Morgan fingerprint density at radius 1 is 0.900 bits per heavy atom. The van der Waals surface area contributed by atoms with Gasteiger partial charge in [-0.3, -0.25) is 4.79 Å². The lowest BCUT2D eigenvalue weighted by Gasteiger charge is -2.15. The number of hydrogen-bond donors (Lipinski definition) is 1. The first kappa shape index (κ1) is 20.2. The van der Waals surface area contributed by atoms with Gasteiger partial charge >= 0.3 is 0 Å². The van der Waals surface area contributed by atoms with Crippen LogP contribution in [0.3, 0.4) is 0 Å². The fourth-order valence-electron chi connectivity index (χ4n) is 3.52. The molecular formula is C26H24N2OS. The molecule has 1 heterocycles. The normalized spacial score (nSPS) is 12.0. The minimum Gasteiger partial charge on any atom is -0.325 e. The van der Waals surface area contributed by atoms with E-state index >= 15 is 0 Å². The highest BCUT2D eigenvalue weighted by Crippen LogP contribution is 2.31. The number of pyridine rings is 1. The number of nitrogens with zero attached hydrogens (tertiary/aromatic N) is 1. The van der Waals surface area contributed by atoms with Crippen molar-refractivity contribution in [3.05, 3.63) is 90.0 Å². The number of rotatable bonds is 5. The number of nitrogens with one attached hydrogen (secondary N) is 1. The summed E-state index contributed by atoms with van der Waals surface area (Å²) < 4.78 is 0. The number of amides is 1. The van der Waals surface area contributed by atoms with Crippen molar-refractivity contribution in [2.45, 2.75) is 31.0 Å². The Balaban J connectivity index is 1.55. The van der Waals surface area contributed by atoms with Gasteiger partial charge in [0.2, 0.25) is 5.91 Å². The molecule has 0 fully saturated rings. The molecule has 3 nitrogen and oxygen atoms in total. The molecule has 0 aliphatic carbocycles. The predicted octanol–water partition coefficient (Wildman–Crippen LogP) is 6.64. The van der Waals surface area contributed by atoms with E-state index in [0.29, 0.717) is 0 Å². The first-order valence-electron chi connectivity index (χ1n) is 10.0. The van der Waals surface area contributed by atoms with Crippen LogP contribution in [0.4, 0.5) is 5.69 Å². The van der Waals surface area contributed by atoms with Crippen molar-refractivity contribution in [3.63, 3.8) is 0 Å². The number of carbonyl (C=O) groups is 1. The number of aryl methyl sites for hydroxylation is 2. The van der Waals surface area contributed by atoms with E-state index in [-0.39, 0.29) is 11.2 Å². The molecular weight excluding hydrogens is 388 g/mol. The van der Waals surface area contributed by atoms with Crippen molar-refractivity contribution < 1.29 is 4.79 Å². The summed E-state index contributed by atoms with van der Waals surface area (Å²) in [5.74, 6) is -0.0345. The summed E-state index contributed by atoms with van der Waals surface area (Å²) in [7, 11) is 0. The molecule has 0 spiro atoms. The minimum atomic E-state index is -0.276. The molecule has 0 unspecified atom stereocenters. The molecule has 150 valence electrons. The van der Waals surface area contributed by atoms with Crippen LogP contribution in [0.2, 0.25) is 0 Å². The molecule has 1 amide bonds. The zero-order valence-electron chi connectivity index (χ0n) is 17.3. The second kappa shape index (κ2) is 8.72. The molecule has 0 aliphatic rings. The SMILES string of the molecule is Cc1cc(S[C@@H](C)C(=O)Nc2ccccc2-c2ccccc2)nc2c(C)cccc12. The maximum Gasteiger partial charge on any atom is 0.237 e. The van der Waals surface area contributed by atoms with Crippen LogP contribution in [-0.2, 0) is 4.79 Å². The Morgan fingerprint density at radius 3 is 2.43 bits per heavy atom. The number of carbonyl (C=O) groups excluding carboxylic acids is 1. The van der Waals surface area contributed by atoms with E-state index in [1.54, 1.807) is 0 Å². The van der Waals surface area contributed by atoms with Gasteiger partial charge in [0.1, 0.15) is 0 Å². The van der Waals surface area contributed by atoms with Gasteiger partial charge in [-0.05, 0) is 49.6 Å². The third-order valence-corrected chi connectivity index (χ3v) is 6.18. The predicted molar refractivity (Wildman–Crippen MR) is 127 cm³/mol. The van der Waals surface area contributed by atoms with E-state index in [1.807, 2.05) is 61.5 Å². The molecule has 0 saturated carbocycles. The first-order chi connectivity index (χ1) is 14.5. The van der Waals surface area contributed by atoms with Crippen LogP contribution in [0.25, 0.3) is 22.0 Å². The van der Waals surface area contributed by atoms with E-state index in [4.69, 9.17) is 4.98 Å². The molecule has 0 saturated heterocycles. The molecule has 3 aromatic carbocycles. The van der Waals surface area contributed by atoms with E-state index in [1.165, 1.54) is 17.3 Å². The second-order valence-corrected chi connectivity index (χ2v) is 8.77. The van der Waals surface area contributed by atoms with Crippen LogP contribution in [0.1, 0.15) is 18.1 Å². The molecule has 4 rings (SSSR count). The van der Waals surface area contributed by atoms with Crippen LogP contribution in [0, 0.1) is 13.8 Å². The van der Waals surface area contributed by atoms with E-state index in [2.05, 4.69) is 43.4 Å². The summed E-state index contributed by atoms with van der Waals surface area (Å²) in [6.45, 7) is 6.08. The van der Waals surface area contributed by atoms with Gasteiger partial charge < -0.3 is 5.32 Å². The minimum absolute atomic E-state index is 0.0345. The molecule has 1 N–H and O–H groups in total. The summed E-state index contributed by atoms with van der Waals surface area (Å²) in [6, 6.07) is 26.3. The van der Waals surface area contributed by atoms with Crippen LogP contribution in [0.15, 0.2) is 83.9 Å². The Bertz CT molecular complexity index is 1200. The van der Waals surface area contributed by atoms with E-state index < -0.39 is 0 Å². The average molecular weight is 413 g/mol. The third kappa shape index (κ3) is 4.24. The standard InChI is InChI=1S/C26H24N2OS/c1-17-10-9-14-21-18(2)16-24(28-25(17)21)30-19(3)26(29)27-23-15-8-7-13-22(23)20-11-5-4-6-12-20/h4-16,19H,1-3H3,(H,27,29)/t19-/m0/s1. The zero-order valence-corrected chi connectivity index (χ0v) is 18.2. The topological polar surface area (TPSA) is 42.0 Å². The monoisotopic (exact) mass is 412 g/mol. The average Bonchev–Trinajstić information content (AvgIpc) is 2.75. The number of fused-ring (bicyclic) bond motifs is 1. The highest BCUT2D eigenvalue weighted by atomic mass is 32.2. The highest BCUT2D eigenvalue weighted by Gasteiger charge is 2.18. The molecule has 0 radical (unpaired) electrons. The van der Waals surface area contributed by atoms with Crippen LogP contribution in [-0.4, -0.2) is 16.1 Å². The number of para-hydroxylation sites is 2. The van der Waals surface area contributed by atoms with Gasteiger partial charge in [0.15, 0.2) is 0 Å². The van der Waals surface area contributed by atoms with Crippen molar-refractivity contribution in [3.8, 4) is 11.1 Å². The van der Waals surface area contributed by atoms with Crippen molar-refractivity contribution in [1.29, 1.82) is 0 Å². The van der Waals surface area contributed by atoms with Crippen molar-refractivity contribution in [1.82, 2.24) is 4.98 Å². The van der Waals surface area contributed by atoms with E-state index in [0.717, 1.165) is 38.3 Å². The summed E-state index contributed by atoms with van der Waals surface area (Å²) in [6.07, 6.45) is 0. The number of thioether (sulfide) groups is 1. The summed E-state index contributed by atoms with van der Waals surface area (Å²) in [5.41, 5.74) is 6.23. The maximum absolute atomic E-state index is 13.0. The van der Waals surface area contributed by atoms with Gasteiger partial charge in [-0.2, -0.15) is 0 Å². The Morgan fingerprint density at radius 2 is 1.63 bits per heavy atom. The molecule has 30 heavy (non-hydrogen) atoms. The summed E-state index contributed by atoms with van der Waals surface area (Å²) in [4.78, 5) is 17.8. The summed E-state index contributed by atoms with van der Waals surface area (Å²) >= 11 is 1.49. The van der Waals surface area contributed by atoms with Crippen LogP contribution >= 0.6 is 11.8 Å². The Kier molecular flexibility index (Phi) is 5.86. The quantitative estimate of drug-likeness (QED) is 0.374. The number of hydrogen-bond acceptors (Lipinski definition) is 3. The third-order valence-electron chi connectivity index (χ3n) is 5.16. The molecule has 0 aliphatic heterocycles. The van der Waals surface area contributed by atoms with Crippen LogP contribution in [0.5, 0.6) is 0 Å². The lowest BCUT2D eigenvalue weighted by molar-refractivity contribution is -0.115. The number of benzene rings is 3. The summed E-state index contributed by atoms with van der Waals surface area (Å²) in [5, 5.41) is 4.86. The first-order valence-corrected chi connectivity index (χ1v) is 10.9. The van der Waals surface area contributed by atoms with Crippen molar-refractivity contribution in [2.75, 3.05) is 5.32 Å². The van der Waals surface area contributed by atoms with Gasteiger partial charge in [-0.1, -0.05) is 78.5 Å². The van der Waals surface area contributed by atoms with Gasteiger partial charge in [0, 0.05) is 16.6 Å². The molecule has 1 aromatic heterocycles. The molecule has 0 bridgehead atoms. The second-order valence-electron chi connectivity index (χ2n) is 7.41. The fourth-order valence-corrected chi connectivity index (χ4v) is 4.44. The smallest absolute Gasteiger partial charge is 0.237 e. The maximum atomic E-state index is 13.0. The van der Waals surface area contributed by atoms with Gasteiger partial charge in [0.25, 0.3) is 0 Å². The fraction of sp³-hybridized carbons (Fsp3) is 0.154. The Labute approximate surface area is 181 Å². The van der Waals surface area contributed by atoms with Crippen LogP contribution < -0.4 is 5.32 Å². The van der Waals surface area contributed by atoms with Crippen molar-refractivity contribution in [2.24, 2.45) is 0 Å². The zero-order chi connectivity index (χ0) is 21.1. The lowest BCUT2D eigenvalue weighted by atomic mass is 10.0. The van der Waals surface area contributed by atoms with E-state index in [9.17, 15) is 4.79 Å². The van der Waals surface area contributed by atoms with Gasteiger partial charge in [0.05, 0.1) is 15.8 Å². The molecule has 4 aromatic rings. The highest BCUT2D eigenvalue weighted by molar-refractivity contribution is 8.00. The number of anilines is 1. The lowest BCUT2D eigenvalue weighted by Crippen LogP contribution is -2.22. The molecule has 1 atom stereocenters. The van der Waals surface area contributed by atoms with Gasteiger partial charge in [-0.15, -0.1) is 0 Å².